The molecule has 0 fully saturated rings. The highest BCUT2D eigenvalue weighted by Gasteiger charge is 1.98. The van der Waals surface area contributed by atoms with Crippen LogP contribution in [0.1, 0.15) is 52.4 Å². The summed E-state index contributed by atoms with van der Waals surface area (Å²) in [6, 6.07) is 8.68. The molecule has 1 radical (unpaired) electrons. The molecule has 2 heteroatoms. The van der Waals surface area contributed by atoms with Gasteiger partial charge in [0.25, 0.3) is 0 Å². The molecule has 0 saturated heterocycles. The summed E-state index contributed by atoms with van der Waals surface area (Å²) >= 11 is 0. The van der Waals surface area contributed by atoms with Gasteiger partial charge in [-0.3, -0.25) is 0 Å². The maximum Gasteiger partial charge on any atom is 0.130 e. The quantitative estimate of drug-likeness (QED) is 0.514. The van der Waals surface area contributed by atoms with E-state index < -0.39 is 0 Å². The summed E-state index contributed by atoms with van der Waals surface area (Å²) in [7, 11) is 0. The monoisotopic (exact) mass is 297 g/mol. The van der Waals surface area contributed by atoms with E-state index in [1.807, 2.05) is 18.2 Å². The van der Waals surface area contributed by atoms with Crippen molar-refractivity contribution in [2.24, 2.45) is 0 Å². The first kappa shape index (κ1) is 18.0. The second kappa shape index (κ2) is 12.7. The standard InChI is InChI=1S/C20H25O2/c1-3-5-7-9-11-16-21-19-14-13-15-20(18-19)22-17-12-10-8-6-4-2/h13-14,18H,3-4,9-12,16-17H2,1-2H3. The Hall–Kier alpha value is -2.06. The Morgan fingerprint density at radius 1 is 0.909 bits per heavy atom. The average Bonchev–Trinajstić information content (AvgIpc) is 2.54. The Balaban J connectivity index is 2.24. The first-order valence-electron chi connectivity index (χ1n) is 8.05. The van der Waals surface area contributed by atoms with Gasteiger partial charge in [0.15, 0.2) is 0 Å². The predicted octanol–water partition coefficient (Wildman–Crippen LogP) is 4.63. The molecule has 2 nitrogen and oxygen atoms in total. The van der Waals surface area contributed by atoms with Crippen LogP contribution in [0.4, 0.5) is 0 Å². The fourth-order valence-electron chi connectivity index (χ4n) is 1.72. The lowest BCUT2D eigenvalue weighted by Gasteiger charge is -2.08. The maximum absolute atomic E-state index is 5.70. The van der Waals surface area contributed by atoms with Crippen molar-refractivity contribution in [1.29, 1.82) is 0 Å². The second-order valence-electron chi connectivity index (χ2n) is 4.71. The molecule has 22 heavy (non-hydrogen) atoms. The van der Waals surface area contributed by atoms with E-state index in [1.54, 1.807) is 0 Å². The molecule has 1 aromatic carbocycles. The van der Waals surface area contributed by atoms with E-state index in [-0.39, 0.29) is 0 Å². The summed E-state index contributed by atoms with van der Waals surface area (Å²) in [5, 5.41) is 0. The highest BCUT2D eigenvalue weighted by atomic mass is 16.5. The Morgan fingerprint density at radius 3 is 2.18 bits per heavy atom. The van der Waals surface area contributed by atoms with Crippen LogP contribution >= 0.6 is 0 Å². The summed E-state index contributed by atoms with van der Waals surface area (Å²) in [5.41, 5.74) is 0. The third kappa shape index (κ3) is 8.98. The largest absolute Gasteiger partial charge is 0.493 e. The van der Waals surface area contributed by atoms with Crippen molar-refractivity contribution in [3.63, 3.8) is 0 Å². The zero-order valence-corrected chi connectivity index (χ0v) is 13.7. The number of hydrogen-bond donors (Lipinski definition) is 0. The fourth-order valence-corrected chi connectivity index (χ4v) is 1.72. The van der Waals surface area contributed by atoms with Crippen LogP contribution < -0.4 is 9.47 Å². The molecule has 0 atom stereocenters. The highest BCUT2D eigenvalue weighted by molar-refractivity contribution is 5.31. The van der Waals surface area contributed by atoms with E-state index in [2.05, 4.69) is 43.6 Å². The normalized spacial score (nSPS) is 9.18. The second-order valence-corrected chi connectivity index (χ2v) is 4.71. The van der Waals surface area contributed by atoms with Crippen molar-refractivity contribution in [2.45, 2.75) is 52.4 Å². The molecule has 0 aliphatic heterocycles. The number of unbranched alkanes of at least 4 members (excludes halogenated alkanes) is 2. The van der Waals surface area contributed by atoms with Crippen molar-refractivity contribution in [1.82, 2.24) is 0 Å². The molecule has 117 valence electrons. The van der Waals surface area contributed by atoms with Crippen molar-refractivity contribution in [3.05, 3.63) is 24.3 Å². The van der Waals surface area contributed by atoms with E-state index in [9.17, 15) is 0 Å². The van der Waals surface area contributed by atoms with E-state index in [4.69, 9.17) is 9.47 Å². The molecule has 0 saturated carbocycles. The van der Waals surface area contributed by atoms with Gasteiger partial charge in [-0.1, -0.05) is 13.8 Å². The molecule has 0 bridgehead atoms. The molecule has 0 spiro atoms. The third-order valence-corrected chi connectivity index (χ3v) is 2.77. The lowest BCUT2D eigenvalue weighted by molar-refractivity contribution is 0.297. The molecule has 1 rings (SSSR count). The summed E-state index contributed by atoms with van der Waals surface area (Å²) < 4.78 is 11.4. The molecule has 0 N–H and O–H groups in total. The zero-order chi connectivity index (χ0) is 15.9. The van der Waals surface area contributed by atoms with Gasteiger partial charge in [-0.15, -0.1) is 23.7 Å². The summed E-state index contributed by atoms with van der Waals surface area (Å²) in [6.07, 6.45) is 5.47. The van der Waals surface area contributed by atoms with Gasteiger partial charge in [-0.05, 0) is 25.0 Å². The van der Waals surface area contributed by atoms with Crippen molar-refractivity contribution >= 4 is 0 Å². The molecule has 0 amide bonds. The molecule has 0 aromatic heterocycles. The molecule has 1 aromatic rings. The third-order valence-electron chi connectivity index (χ3n) is 2.77. The molecular formula is C20H25O2. The minimum atomic E-state index is 0.658. The van der Waals surface area contributed by atoms with Crippen molar-refractivity contribution in [2.75, 3.05) is 13.2 Å². The molecule has 0 unspecified atom stereocenters. The van der Waals surface area contributed by atoms with Crippen LogP contribution in [0, 0.1) is 29.7 Å². The smallest absolute Gasteiger partial charge is 0.130 e. The van der Waals surface area contributed by atoms with Gasteiger partial charge in [-0.2, -0.15) is 0 Å². The molecule has 0 aliphatic carbocycles. The number of ether oxygens (including phenoxy) is 2. The van der Waals surface area contributed by atoms with Gasteiger partial charge in [0.1, 0.15) is 11.5 Å². The lowest BCUT2D eigenvalue weighted by atomic mass is 10.3. The molecule has 0 heterocycles. The minimum Gasteiger partial charge on any atom is -0.493 e. The van der Waals surface area contributed by atoms with E-state index in [1.165, 1.54) is 0 Å². The van der Waals surface area contributed by atoms with Crippen LogP contribution in [0.2, 0.25) is 0 Å². The fraction of sp³-hybridized carbons (Fsp3) is 0.500. The lowest BCUT2D eigenvalue weighted by Crippen LogP contribution is -1.99. The number of rotatable bonds is 8. The van der Waals surface area contributed by atoms with Crippen LogP contribution in [0.5, 0.6) is 11.5 Å². The van der Waals surface area contributed by atoms with E-state index >= 15 is 0 Å². The Morgan fingerprint density at radius 2 is 1.55 bits per heavy atom. The topological polar surface area (TPSA) is 18.5 Å². The van der Waals surface area contributed by atoms with Gasteiger partial charge in [0, 0.05) is 37.8 Å². The van der Waals surface area contributed by atoms with Crippen molar-refractivity contribution < 1.29 is 9.47 Å². The first-order valence-corrected chi connectivity index (χ1v) is 8.05. The SMILES string of the molecule is CCC#CCCCOc1[c]ccc(OCCCC#CCC)c1. The van der Waals surface area contributed by atoms with Gasteiger partial charge in [-0.25, -0.2) is 0 Å². The van der Waals surface area contributed by atoms with Crippen LogP contribution in [-0.4, -0.2) is 13.2 Å². The summed E-state index contributed by atoms with van der Waals surface area (Å²) in [6.45, 7) is 5.45. The van der Waals surface area contributed by atoms with Crippen molar-refractivity contribution in [3.8, 4) is 35.2 Å². The summed E-state index contributed by atoms with van der Waals surface area (Å²) in [4.78, 5) is 0. The Bertz CT molecular complexity index is 481. The highest BCUT2D eigenvalue weighted by Crippen LogP contribution is 2.19. The van der Waals surface area contributed by atoms with Gasteiger partial charge in [0.2, 0.25) is 0 Å². The van der Waals surface area contributed by atoms with Crippen LogP contribution in [-0.2, 0) is 0 Å². The molecular weight excluding hydrogens is 272 g/mol. The average molecular weight is 297 g/mol. The molecule has 0 aliphatic rings. The van der Waals surface area contributed by atoms with Crippen LogP contribution in [0.15, 0.2) is 18.2 Å². The first-order chi connectivity index (χ1) is 10.9. The van der Waals surface area contributed by atoms with Gasteiger partial charge >= 0.3 is 0 Å². The van der Waals surface area contributed by atoms with E-state index in [0.717, 1.165) is 50.0 Å². The maximum atomic E-state index is 5.70. The van der Waals surface area contributed by atoms with Crippen LogP contribution in [0.25, 0.3) is 0 Å². The predicted molar refractivity (Wildman–Crippen MR) is 90.9 cm³/mol. The Labute approximate surface area is 135 Å². The van der Waals surface area contributed by atoms with E-state index in [0.29, 0.717) is 13.2 Å². The summed E-state index contributed by atoms with van der Waals surface area (Å²) in [5.74, 6) is 13.9. The van der Waals surface area contributed by atoms with Crippen LogP contribution in [0.3, 0.4) is 0 Å². The Kier molecular flexibility index (Phi) is 10.4. The van der Waals surface area contributed by atoms with Gasteiger partial charge in [0.05, 0.1) is 13.2 Å². The number of hydrogen-bond acceptors (Lipinski definition) is 2. The zero-order valence-electron chi connectivity index (χ0n) is 13.7. The minimum absolute atomic E-state index is 0.658. The number of benzene rings is 1. The van der Waals surface area contributed by atoms with Gasteiger partial charge < -0.3 is 9.47 Å².